The fraction of sp³-hybridized carbons (Fsp3) is 0.593. The average Bonchev–Trinajstić information content (AvgIpc) is 2.72. The van der Waals surface area contributed by atoms with Crippen LogP contribution < -0.4 is 4.74 Å². The first-order chi connectivity index (χ1) is 14.5. The maximum Gasteiger partial charge on any atom is 0.325 e. The van der Waals surface area contributed by atoms with Crippen molar-refractivity contribution in [2.45, 2.75) is 78.5 Å². The van der Waals surface area contributed by atoms with Crippen molar-refractivity contribution >= 4 is 16.7 Å². The van der Waals surface area contributed by atoms with Crippen molar-refractivity contribution in [3.8, 4) is 5.75 Å². The largest absolute Gasteiger partial charge is 0.490 e. The van der Waals surface area contributed by atoms with Gasteiger partial charge in [-0.15, -0.1) is 0 Å². The fourth-order valence-corrected chi connectivity index (χ4v) is 4.56. The zero-order valence-corrected chi connectivity index (χ0v) is 20.3. The van der Waals surface area contributed by atoms with Gasteiger partial charge in [0, 0.05) is 6.54 Å². The van der Waals surface area contributed by atoms with Gasteiger partial charge in [-0.2, -0.15) is 0 Å². The summed E-state index contributed by atoms with van der Waals surface area (Å²) in [7, 11) is 3.39. The number of hydrogen-bond acceptors (Lipinski definition) is 4. The first-order valence-electron chi connectivity index (χ1n) is 11.5. The van der Waals surface area contributed by atoms with Gasteiger partial charge in [0.2, 0.25) is 0 Å². The summed E-state index contributed by atoms with van der Waals surface area (Å²) in [6.07, 6.45) is 5.10. The highest BCUT2D eigenvalue weighted by atomic mass is 16.5. The van der Waals surface area contributed by atoms with Crippen LogP contribution in [0.5, 0.6) is 5.75 Å². The van der Waals surface area contributed by atoms with Crippen LogP contribution in [-0.2, 0) is 16.1 Å². The predicted octanol–water partition coefficient (Wildman–Crippen LogP) is 6.21. The first kappa shape index (κ1) is 23.6. The summed E-state index contributed by atoms with van der Waals surface area (Å²) < 4.78 is 11.3. The van der Waals surface area contributed by atoms with Gasteiger partial charge in [-0.05, 0) is 92.4 Å². The van der Waals surface area contributed by atoms with Gasteiger partial charge in [0.15, 0.2) is 0 Å². The number of rotatable bonds is 6. The van der Waals surface area contributed by atoms with Gasteiger partial charge in [-0.3, -0.25) is 9.69 Å². The van der Waals surface area contributed by atoms with E-state index in [1.54, 1.807) is 0 Å². The van der Waals surface area contributed by atoms with Crippen LogP contribution >= 0.6 is 0 Å². The molecule has 4 nitrogen and oxygen atoms in total. The summed E-state index contributed by atoms with van der Waals surface area (Å²) in [6.45, 7) is 11.5. The molecule has 0 N–H and O–H groups in total. The molecule has 4 heteroatoms. The van der Waals surface area contributed by atoms with Crippen molar-refractivity contribution in [1.82, 2.24) is 4.90 Å². The zero-order valence-electron chi connectivity index (χ0n) is 20.3. The third kappa shape index (κ3) is 5.60. The number of fused-ring (bicyclic) bond motifs is 1. The third-order valence-electron chi connectivity index (χ3n) is 7.14. The van der Waals surface area contributed by atoms with Gasteiger partial charge in [0.1, 0.15) is 11.3 Å². The molecule has 0 radical (unpaired) electrons. The second kappa shape index (κ2) is 9.20. The smallest absolute Gasteiger partial charge is 0.325 e. The van der Waals surface area contributed by atoms with E-state index in [4.69, 9.17) is 9.47 Å². The molecule has 0 amide bonds. The topological polar surface area (TPSA) is 38.8 Å². The third-order valence-corrected chi connectivity index (χ3v) is 7.14. The van der Waals surface area contributed by atoms with Crippen molar-refractivity contribution in [2.75, 3.05) is 14.2 Å². The molecule has 1 aliphatic rings. The standard InChI is InChI=1S/C27H39NO3/c1-26(2,3)22-11-14-23(15-12-22)31-24-13-10-20-16-19(8-9-21(20)17-24)18-28(6)27(4,5)25(29)30-7/h8-10,13,16-17,22-23H,11-12,14-15,18H2,1-7H3/t22-,23-. The molecule has 0 bridgehead atoms. The van der Waals surface area contributed by atoms with Crippen molar-refractivity contribution < 1.29 is 14.3 Å². The SMILES string of the molecule is COC(=O)C(C)(C)N(C)Cc1ccc2cc(O[C@H]3CC[C@H](C(C)(C)C)CC3)ccc2c1. The van der Waals surface area contributed by atoms with E-state index >= 15 is 0 Å². The van der Waals surface area contributed by atoms with E-state index in [-0.39, 0.29) is 5.97 Å². The number of benzene rings is 2. The van der Waals surface area contributed by atoms with Crippen LogP contribution in [0.15, 0.2) is 36.4 Å². The second-order valence-electron chi connectivity index (χ2n) is 10.7. The minimum atomic E-state index is -0.673. The fourth-order valence-electron chi connectivity index (χ4n) is 4.56. The molecule has 0 atom stereocenters. The van der Waals surface area contributed by atoms with Crippen molar-refractivity contribution in [3.05, 3.63) is 42.0 Å². The number of nitrogens with zero attached hydrogens (tertiary/aromatic N) is 1. The van der Waals surface area contributed by atoms with Crippen LogP contribution in [0.3, 0.4) is 0 Å². The Morgan fingerprint density at radius 3 is 2.19 bits per heavy atom. The lowest BCUT2D eigenvalue weighted by Gasteiger charge is -2.37. The summed E-state index contributed by atoms with van der Waals surface area (Å²) in [4.78, 5) is 14.1. The number of carbonyl (C=O) groups excluding carboxylic acids is 1. The Bertz CT molecular complexity index is 904. The number of ether oxygens (including phenoxy) is 2. The highest BCUT2D eigenvalue weighted by molar-refractivity contribution is 5.84. The molecule has 0 unspecified atom stereocenters. The predicted molar refractivity (Wildman–Crippen MR) is 127 cm³/mol. The molecule has 1 fully saturated rings. The normalized spacial score (nSPS) is 20.1. The lowest BCUT2D eigenvalue weighted by atomic mass is 9.72. The first-order valence-corrected chi connectivity index (χ1v) is 11.5. The number of hydrogen-bond donors (Lipinski definition) is 0. The summed E-state index contributed by atoms with van der Waals surface area (Å²) in [5, 5.41) is 2.37. The molecule has 2 aromatic rings. The molecular formula is C27H39NO3. The Labute approximate surface area is 187 Å². The summed E-state index contributed by atoms with van der Waals surface area (Å²) >= 11 is 0. The molecule has 1 aliphatic carbocycles. The highest BCUT2D eigenvalue weighted by Crippen LogP contribution is 2.39. The van der Waals surface area contributed by atoms with E-state index in [1.807, 2.05) is 25.8 Å². The van der Waals surface area contributed by atoms with E-state index < -0.39 is 5.54 Å². The van der Waals surface area contributed by atoms with Crippen molar-refractivity contribution in [3.63, 3.8) is 0 Å². The van der Waals surface area contributed by atoms with E-state index in [2.05, 4.69) is 57.2 Å². The molecule has 1 saturated carbocycles. The van der Waals surface area contributed by atoms with Crippen LogP contribution in [0.2, 0.25) is 0 Å². The van der Waals surface area contributed by atoms with Gasteiger partial charge < -0.3 is 9.47 Å². The van der Waals surface area contributed by atoms with Gasteiger partial charge in [0.05, 0.1) is 13.2 Å². The summed E-state index contributed by atoms with van der Waals surface area (Å²) in [5.74, 6) is 1.53. The van der Waals surface area contributed by atoms with Crippen LogP contribution in [0.1, 0.15) is 65.9 Å². The van der Waals surface area contributed by atoms with Crippen LogP contribution in [0.4, 0.5) is 0 Å². The number of carbonyl (C=O) groups is 1. The molecular weight excluding hydrogens is 386 g/mol. The van der Waals surface area contributed by atoms with Gasteiger partial charge in [-0.1, -0.05) is 39.0 Å². The highest BCUT2D eigenvalue weighted by Gasteiger charge is 2.33. The average molecular weight is 426 g/mol. The van der Waals surface area contributed by atoms with Gasteiger partial charge in [-0.25, -0.2) is 0 Å². The Kier molecular flexibility index (Phi) is 7.00. The molecule has 0 saturated heterocycles. The summed E-state index contributed by atoms with van der Waals surface area (Å²) in [6, 6.07) is 12.8. The van der Waals surface area contributed by atoms with Gasteiger partial charge in [0.25, 0.3) is 0 Å². The molecule has 2 aromatic carbocycles. The van der Waals surface area contributed by atoms with Crippen molar-refractivity contribution in [1.29, 1.82) is 0 Å². The second-order valence-corrected chi connectivity index (χ2v) is 10.7. The van der Waals surface area contributed by atoms with Crippen LogP contribution in [0.25, 0.3) is 10.8 Å². The minimum Gasteiger partial charge on any atom is -0.490 e. The Hall–Kier alpha value is -2.07. The Balaban J connectivity index is 1.65. The lowest BCUT2D eigenvalue weighted by molar-refractivity contribution is -0.152. The number of esters is 1. The molecule has 170 valence electrons. The Morgan fingerprint density at radius 2 is 1.58 bits per heavy atom. The molecule has 31 heavy (non-hydrogen) atoms. The van der Waals surface area contributed by atoms with Gasteiger partial charge >= 0.3 is 5.97 Å². The van der Waals surface area contributed by atoms with E-state index in [1.165, 1.54) is 36.3 Å². The lowest BCUT2D eigenvalue weighted by Crippen LogP contribution is -2.48. The van der Waals surface area contributed by atoms with Crippen molar-refractivity contribution in [2.24, 2.45) is 11.3 Å². The van der Waals surface area contributed by atoms with E-state index in [9.17, 15) is 4.79 Å². The Morgan fingerprint density at radius 1 is 0.968 bits per heavy atom. The number of methoxy groups -OCH3 is 1. The molecule has 0 aromatic heterocycles. The summed E-state index contributed by atoms with van der Waals surface area (Å²) in [5.41, 5.74) is 0.889. The molecule has 0 aliphatic heterocycles. The molecule has 3 rings (SSSR count). The monoisotopic (exact) mass is 425 g/mol. The minimum absolute atomic E-state index is 0.228. The van der Waals surface area contributed by atoms with E-state index in [0.717, 1.165) is 24.5 Å². The number of likely N-dealkylation sites (N-methyl/N-ethyl adjacent to an activating group) is 1. The zero-order chi connectivity index (χ0) is 22.8. The quantitative estimate of drug-likeness (QED) is 0.516. The van der Waals surface area contributed by atoms with Crippen LogP contribution in [-0.4, -0.2) is 36.7 Å². The molecule has 0 heterocycles. The maximum absolute atomic E-state index is 12.1. The maximum atomic E-state index is 12.1. The van der Waals surface area contributed by atoms with E-state index in [0.29, 0.717) is 18.1 Å². The van der Waals surface area contributed by atoms with Crippen LogP contribution in [0, 0.1) is 11.3 Å². The molecule has 0 spiro atoms.